The fraction of sp³-hybridized carbons (Fsp3) is 0.0714. The Kier molecular flexibility index (Phi) is 8.18. The van der Waals surface area contributed by atoms with Gasteiger partial charge < -0.3 is 4.74 Å². The highest BCUT2D eigenvalue weighted by Crippen LogP contribution is 2.23. The second-order valence-corrected chi connectivity index (χ2v) is 7.91. The Balaban J connectivity index is 1.36. The van der Waals surface area contributed by atoms with Crippen LogP contribution in [0.15, 0.2) is 97.2 Å². The number of hydrogen-bond donors (Lipinski definition) is 2. The molecule has 3 aromatic carbocycles. The van der Waals surface area contributed by atoms with Crippen LogP contribution in [0.4, 0.5) is 4.39 Å². The summed E-state index contributed by atoms with van der Waals surface area (Å²) in [5.41, 5.74) is 7.26. The van der Waals surface area contributed by atoms with Crippen LogP contribution in [0.1, 0.15) is 21.5 Å². The number of aromatic nitrogens is 2. The van der Waals surface area contributed by atoms with E-state index in [9.17, 15) is 18.8 Å². The van der Waals surface area contributed by atoms with E-state index in [0.717, 1.165) is 17.2 Å². The molecule has 0 atom stereocenters. The molecule has 0 saturated carbocycles. The van der Waals surface area contributed by atoms with Gasteiger partial charge in [0.25, 0.3) is 11.8 Å². The number of carbonyl (C=O) groups excluding carboxylic acids is 3. The van der Waals surface area contributed by atoms with Crippen molar-refractivity contribution in [1.82, 2.24) is 20.6 Å². The molecule has 4 rings (SSSR count). The predicted molar refractivity (Wildman–Crippen MR) is 135 cm³/mol. The van der Waals surface area contributed by atoms with Gasteiger partial charge in [0.15, 0.2) is 6.61 Å². The lowest BCUT2D eigenvalue weighted by Crippen LogP contribution is -2.43. The molecule has 0 bridgehead atoms. The SMILES string of the molecule is O=C(COC(=O)/C=C/c1cn(Cc2ccccc2)nc1-c1ccccc1)NNC(=O)c1ccccc1F. The van der Waals surface area contributed by atoms with E-state index in [-0.39, 0.29) is 5.56 Å². The molecule has 0 aliphatic heterocycles. The third kappa shape index (κ3) is 6.98. The van der Waals surface area contributed by atoms with Crippen molar-refractivity contribution in [3.63, 3.8) is 0 Å². The number of ether oxygens (including phenoxy) is 1. The van der Waals surface area contributed by atoms with Crippen molar-refractivity contribution < 1.29 is 23.5 Å². The summed E-state index contributed by atoms with van der Waals surface area (Å²) in [5, 5.41) is 4.68. The summed E-state index contributed by atoms with van der Waals surface area (Å²) < 4.78 is 20.4. The topological polar surface area (TPSA) is 102 Å². The maximum Gasteiger partial charge on any atom is 0.331 e. The van der Waals surface area contributed by atoms with E-state index in [1.807, 2.05) is 66.9 Å². The lowest BCUT2D eigenvalue weighted by molar-refractivity contribution is -0.144. The minimum absolute atomic E-state index is 0.232. The Labute approximate surface area is 212 Å². The molecule has 8 nitrogen and oxygen atoms in total. The number of esters is 1. The molecule has 37 heavy (non-hydrogen) atoms. The number of amides is 2. The Morgan fingerprint density at radius 3 is 2.30 bits per heavy atom. The Hall–Kier alpha value is -5.05. The zero-order valence-corrected chi connectivity index (χ0v) is 19.6. The van der Waals surface area contributed by atoms with Gasteiger partial charge in [-0.25, -0.2) is 9.18 Å². The second kappa shape index (κ2) is 12.1. The van der Waals surface area contributed by atoms with Gasteiger partial charge in [-0.3, -0.25) is 25.1 Å². The normalized spacial score (nSPS) is 10.7. The smallest absolute Gasteiger partial charge is 0.331 e. The first kappa shape index (κ1) is 25.1. The van der Waals surface area contributed by atoms with Gasteiger partial charge in [-0.1, -0.05) is 72.8 Å². The average molecular weight is 499 g/mol. The maximum atomic E-state index is 13.6. The molecule has 0 spiro atoms. The van der Waals surface area contributed by atoms with Gasteiger partial charge in [-0.2, -0.15) is 5.10 Å². The third-order valence-electron chi connectivity index (χ3n) is 5.20. The van der Waals surface area contributed by atoms with Gasteiger partial charge >= 0.3 is 5.97 Å². The van der Waals surface area contributed by atoms with E-state index in [0.29, 0.717) is 17.8 Å². The van der Waals surface area contributed by atoms with Crippen molar-refractivity contribution in [2.24, 2.45) is 0 Å². The molecule has 0 fully saturated rings. The van der Waals surface area contributed by atoms with E-state index < -0.39 is 30.2 Å². The molecule has 0 unspecified atom stereocenters. The molecule has 4 aromatic rings. The Morgan fingerprint density at radius 2 is 1.57 bits per heavy atom. The fourth-order valence-electron chi connectivity index (χ4n) is 3.45. The zero-order chi connectivity index (χ0) is 26.0. The third-order valence-corrected chi connectivity index (χ3v) is 5.20. The van der Waals surface area contributed by atoms with Crippen LogP contribution < -0.4 is 10.9 Å². The van der Waals surface area contributed by atoms with Crippen LogP contribution >= 0.6 is 0 Å². The van der Waals surface area contributed by atoms with Crippen molar-refractivity contribution in [2.45, 2.75) is 6.54 Å². The molecule has 0 radical (unpaired) electrons. The van der Waals surface area contributed by atoms with Crippen LogP contribution in [0.5, 0.6) is 0 Å². The fourth-order valence-corrected chi connectivity index (χ4v) is 3.45. The average Bonchev–Trinajstić information content (AvgIpc) is 3.33. The summed E-state index contributed by atoms with van der Waals surface area (Å²) in [6.45, 7) is -0.0860. The highest BCUT2D eigenvalue weighted by atomic mass is 19.1. The maximum absolute atomic E-state index is 13.6. The van der Waals surface area contributed by atoms with Crippen LogP contribution in [0.2, 0.25) is 0 Å². The van der Waals surface area contributed by atoms with Crippen LogP contribution in [0, 0.1) is 5.82 Å². The Morgan fingerprint density at radius 1 is 0.892 bits per heavy atom. The van der Waals surface area contributed by atoms with E-state index in [1.54, 1.807) is 10.8 Å². The van der Waals surface area contributed by atoms with Gasteiger partial charge in [0.1, 0.15) is 5.82 Å². The minimum Gasteiger partial charge on any atom is -0.452 e. The van der Waals surface area contributed by atoms with E-state index >= 15 is 0 Å². The Bertz CT molecular complexity index is 1420. The summed E-state index contributed by atoms with van der Waals surface area (Å²) in [5.74, 6) is -3.11. The molecule has 0 aliphatic carbocycles. The molecular weight excluding hydrogens is 475 g/mol. The number of nitrogens with zero attached hydrogens (tertiary/aromatic N) is 2. The molecule has 1 heterocycles. The molecule has 2 amide bonds. The second-order valence-electron chi connectivity index (χ2n) is 7.91. The largest absolute Gasteiger partial charge is 0.452 e. The van der Waals surface area contributed by atoms with Gasteiger partial charge in [0.05, 0.1) is 17.8 Å². The van der Waals surface area contributed by atoms with E-state index in [2.05, 4.69) is 16.0 Å². The van der Waals surface area contributed by atoms with Crippen molar-refractivity contribution in [3.8, 4) is 11.3 Å². The predicted octanol–water partition coefficient (Wildman–Crippen LogP) is 3.76. The lowest BCUT2D eigenvalue weighted by atomic mass is 10.1. The lowest BCUT2D eigenvalue weighted by Gasteiger charge is -2.07. The summed E-state index contributed by atoms with van der Waals surface area (Å²) in [4.78, 5) is 36.1. The van der Waals surface area contributed by atoms with E-state index in [1.165, 1.54) is 24.3 Å². The first-order chi connectivity index (χ1) is 18.0. The molecule has 2 N–H and O–H groups in total. The van der Waals surface area contributed by atoms with Crippen LogP contribution in [0.25, 0.3) is 17.3 Å². The van der Waals surface area contributed by atoms with E-state index in [4.69, 9.17) is 4.74 Å². The molecule has 9 heteroatoms. The highest BCUT2D eigenvalue weighted by Gasteiger charge is 2.13. The van der Waals surface area contributed by atoms with Gasteiger partial charge in [0, 0.05) is 23.4 Å². The first-order valence-electron chi connectivity index (χ1n) is 11.3. The standard InChI is InChI=1S/C28H23FN4O4/c29-24-14-8-7-13-23(24)28(36)31-30-25(34)19-37-26(35)16-15-22-18-33(17-20-9-3-1-4-10-20)32-27(22)21-11-5-2-6-12-21/h1-16,18H,17,19H2,(H,30,34)(H,31,36)/b16-15+. The number of carbonyl (C=O) groups is 3. The molecule has 1 aromatic heterocycles. The van der Waals surface area contributed by atoms with Crippen LogP contribution in [-0.4, -0.2) is 34.2 Å². The van der Waals surface area contributed by atoms with Crippen molar-refractivity contribution in [2.75, 3.05) is 6.61 Å². The molecule has 0 saturated heterocycles. The van der Waals surface area contributed by atoms with Gasteiger partial charge in [-0.15, -0.1) is 0 Å². The van der Waals surface area contributed by atoms with Crippen molar-refractivity contribution in [1.29, 1.82) is 0 Å². The molecule has 0 aliphatic rings. The van der Waals surface area contributed by atoms with Crippen LogP contribution in [0.3, 0.4) is 0 Å². The summed E-state index contributed by atoms with van der Waals surface area (Å²) in [6, 6.07) is 24.7. The summed E-state index contributed by atoms with van der Waals surface area (Å²) >= 11 is 0. The number of halogens is 1. The number of hydrogen-bond acceptors (Lipinski definition) is 5. The van der Waals surface area contributed by atoms with Gasteiger partial charge in [0.2, 0.25) is 0 Å². The van der Waals surface area contributed by atoms with Crippen molar-refractivity contribution >= 4 is 23.9 Å². The van der Waals surface area contributed by atoms with Gasteiger partial charge in [-0.05, 0) is 23.8 Å². The number of nitrogens with one attached hydrogen (secondary N) is 2. The molecule has 186 valence electrons. The quantitative estimate of drug-likeness (QED) is 0.219. The minimum atomic E-state index is -0.835. The summed E-state index contributed by atoms with van der Waals surface area (Å²) in [7, 11) is 0. The van der Waals surface area contributed by atoms with Crippen molar-refractivity contribution in [3.05, 3.63) is 120 Å². The first-order valence-corrected chi connectivity index (χ1v) is 11.3. The number of benzene rings is 3. The highest BCUT2D eigenvalue weighted by molar-refractivity contribution is 5.96. The zero-order valence-electron chi connectivity index (χ0n) is 19.6. The number of rotatable bonds is 8. The molecular formula is C28H23FN4O4. The summed E-state index contributed by atoms with van der Waals surface area (Å²) in [6.07, 6.45) is 4.59. The number of hydrazine groups is 1. The van der Waals surface area contributed by atoms with Crippen LogP contribution in [-0.2, 0) is 20.9 Å². The monoisotopic (exact) mass is 498 g/mol.